The third kappa shape index (κ3) is 2.56. The minimum Gasteiger partial charge on any atom is -0.407 e. The van der Waals surface area contributed by atoms with Gasteiger partial charge in [-0.05, 0) is 25.2 Å². The van der Waals surface area contributed by atoms with Crippen LogP contribution in [0.5, 0.6) is 5.95 Å². The summed E-state index contributed by atoms with van der Waals surface area (Å²) in [5.74, 6) is 0.625. The lowest BCUT2D eigenvalue weighted by Crippen LogP contribution is -2.43. The van der Waals surface area contributed by atoms with Gasteiger partial charge in [0.15, 0.2) is 0 Å². The van der Waals surface area contributed by atoms with E-state index in [1.807, 2.05) is 36.4 Å². The fourth-order valence-corrected chi connectivity index (χ4v) is 2.39. The molecule has 0 aliphatic rings. The van der Waals surface area contributed by atoms with Crippen molar-refractivity contribution in [2.75, 3.05) is 0 Å². The Morgan fingerprint density at radius 1 is 1.00 bits per heavy atom. The Morgan fingerprint density at radius 2 is 1.67 bits per heavy atom. The van der Waals surface area contributed by atoms with Crippen LogP contribution in [0.3, 0.4) is 0 Å². The molecule has 0 saturated heterocycles. The third-order valence-electron chi connectivity index (χ3n) is 3.69. The van der Waals surface area contributed by atoms with Gasteiger partial charge in [0.25, 0.3) is 5.58 Å². The van der Waals surface area contributed by atoms with Gasteiger partial charge in [-0.1, -0.05) is 32.9 Å². The van der Waals surface area contributed by atoms with E-state index < -0.39 is 8.32 Å². The van der Waals surface area contributed by atoms with Gasteiger partial charge in [-0.2, -0.15) is 0 Å². The third-order valence-corrected chi connectivity index (χ3v) is 8.01. The van der Waals surface area contributed by atoms with Crippen LogP contribution in [0.4, 0.5) is 0 Å². The summed E-state index contributed by atoms with van der Waals surface area (Å²) in [6, 6.07) is 11.9. The second kappa shape index (κ2) is 4.39. The summed E-state index contributed by atoms with van der Waals surface area (Å²) in [5, 5.41) is 1.27. The van der Waals surface area contributed by atoms with Gasteiger partial charge < -0.3 is 4.43 Å². The molecular formula is C15H21O2Si+. The van der Waals surface area contributed by atoms with Crippen LogP contribution in [0.25, 0.3) is 11.0 Å². The Balaban J connectivity index is 2.33. The van der Waals surface area contributed by atoms with E-state index in [9.17, 15) is 0 Å². The molecule has 2 aromatic rings. The van der Waals surface area contributed by atoms with Crippen molar-refractivity contribution in [2.24, 2.45) is 0 Å². The van der Waals surface area contributed by atoms with Crippen molar-refractivity contribution >= 4 is 19.3 Å². The van der Waals surface area contributed by atoms with Gasteiger partial charge in [0.2, 0.25) is 0 Å². The van der Waals surface area contributed by atoms with E-state index in [-0.39, 0.29) is 5.04 Å². The van der Waals surface area contributed by atoms with Gasteiger partial charge in [-0.25, -0.2) is 0 Å². The highest BCUT2D eigenvalue weighted by atomic mass is 28.4. The van der Waals surface area contributed by atoms with Crippen molar-refractivity contribution < 1.29 is 8.84 Å². The first-order chi connectivity index (χ1) is 8.29. The first kappa shape index (κ1) is 13.1. The average molecular weight is 261 g/mol. The molecule has 96 valence electrons. The lowest BCUT2D eigenvalue weighted by Gasteiger charge is -2.28. The smallest absolute Gasteiger partial charge is 0.407 e. The van der Waals surface area contributed by atoms with Crippen LogP contribution in [-0.4, -0.2) is 8.32 Å². The summed E-state index contributed by atoms with van der Waals surface area (Å²) >= 11 is 0. The fraction of sp³-hybridized carbons (Fsp3) is 0.400. The molecule has 0 aliphatic carbocycles. The molecule has 0 N–H and O–H groups in total. The lowest BCUT2D eigenvalue weighted by atomic mass is 10.2. The summed E-state index contributed by atoms with van der Waals surface area (Å²) in [7, 11) is -1.83. The topological polar surface area (TPSA) is 20.5 Å². The molecule has 0 fully saturated rings. The predicted molar refractivity (Wildman–Crippen MR) is 78.4 cm³/mol. The number of rotatable bonds is 2. The average Bonchev–Trinajstić information content (AvgIpc) is 2.27. The van der Waals surface area contributed by atoms with Crippen molar-refractivity contribution in [1.82, 2.24) is 0 Å². The first-order valence-electron chi connectivity index (χ1n) is 6.30. The molecule has 0 spiro atoms. The van der Waals surface area contributed by atoms with Crippen molar-refractivity contribution in [3.63, 3.8) is 0 Å². The van der Waals surface area contributed by atoms with Crippen LogP contribution < -0.4 is 4.43 Å². The number of para-hydroxylation sites is 1. The fourth-order valence-electron chi connectivity index (χ4n) is 1.47. The highest BCUT2D eigenvalue weighted by molar-refractivity contribution is 6.74. The maximum atomic E-state index is 6.15. The van der Waals surface area contributed by atoms with E-state index in [4.69, 9.17) is 8.84 Å². The molecule has 3 heteroatoms. The predicted octanol–water partition coefficient (Wildman–Crippen LogP) is 5.10. The molecule has 0 amide bonds. The summed E-state index contributed by atoms with van der Waals surface area (Å²) in [5.41, 5.74) is 0.869. The monoisotopic (exact) mass is 261 g/mol. The highest BCUT2D eigenvalue weighted by Gasteiger charge is 2.47. The van der Waals surface area contributed by atoms with Crippen LogP contribution in [0.1, 0.15) is 20.8 Å². The van der Waals surface area contributed by atoms with Crippen LogP contribution in [-0.2, 0) is 0 Å². The number of hydrogen-bond acceptors (Lipinski definition) is 1. The van der Waals surface area contributed by atoms with E-state index in [0.29, 0.717) is 5.95 Å². The van der Waals surface area contributed by atoms with Gasteiger partial charge in [0.1, 0.15) is 0 Å². The largest absolute Gasteiger partial charge is 0.496 e. The summed E-state index contributed by atoms with van der Waals surface area (Å²) in [6.45, 7) is 11.1. The molecule has 2 nitrogen and oxygen atoms in total. The summed E-state index contributed by atoms with van der Waals surface area (Å²) < 4.78 is 12.0. The summed E-state index contributed by atoms with van der Waals surface area (Å²) in [6.07, 6.45) is 0. The molecule has 0 unspecified atom stereocenters. The van der Waals surface area contributed by atoms with Gasteiger partial charge in [0, 0.05) is 16.5 Å². The Kier molecular flexibility index (Phi) is 3.19. The van der Waals surface area contributed by atoms with E-state index in [0.717, 1.165) is 11.0 Å². The molecule has 0 bridgehead atoms. The van der Waals surface area contributed by atoms with Crippen LogP contribution in [0.2, 0.25) is 18.1 Å². The zero-order valence-electron chi connectivity index (χ0n) is 11.8. The second-order valence-corrected chi connectivity index (χ2v) is 10.9. The molecule has 0 saturated carbocycles. The molecule has 1 heterocycles. The Bertz CT molecular complexity index is 556. The minimum atomic E-state index is -1.83. The van der Waals surface area contributed by atoms with Gasteiger partial charge >= 0.3 is 14.3 Å². The van der Waals surface area contributed by atoms with E-state index in [1.165, 1.54) is 0 Å². The normalized spacial score (nSPS) is 12.7. The Morgan fingerprint density at radius 3 is 2.33 bits per heavy atom. The number of hydrogen-bond donors (Lipinski definition) is 0. The molecule has 1 aromatic carbocycles. The maximum absolute atomic E-state index is 6.15. The van der Waals surface area contributed by atoms with Crippen molar-refractivity contribution in [1.29, 1.82) is 0 Å². The first-order valence-corrected chi connectivity index (χ1v) is 9.21. The molecule has 0 aliphatic heterocycles. The Hall–Kier alpha value is -1.35. The molecular weight excluding hydrogens is 240 g/mol. The van der Waals surface area contributed by atoms with Crippen molar-refractivity contribution in [3.8, 4) is 5.95 Å². The lowest BCUT2D eigenvalue weighted by molar-refractivity contribution is 0.375. The van der Waals surface area contributed by atoms with Gasteiger partial charge in [0.05, 0.1) is 6.07 Å². The highest BCUT2D eigenvalue weighted by Crippen LogP contribution is 2.37. The van der Waals surface area contributed by atoms with E-state index in [2.05, 4.69) is 33.9 Å². The molecule has 0 atom stereocenters. The van der Waals surface area contributed by atoms with Crippen molar-refractivity contribution in [3.05, 3.63) is 36.4 Å². The number of fused-ring (bicyclic) bond motifs is 1. The zero-order valence-corrected chi connectivity index (χ0v) is 12.8. The second-order valence-electron chi connectivity index (χ2n) is 6.15. The standard InChI is InChI=1S/C15H21O2Si/c1-15(2,3)18(4,5)17-14-11-10-12-8-6-7-9-13(12)16-14/h6-11H,1-5H3/q+1. The van der Waals surface area contributed by atoms with Gasteiger partial charge in [-0.3, -0.25) is 4.42 Å². The van der Waals surface area contributed by atoms with Crippen LogP contribution >= 0.6 is 0 Å². The Labute approximate surface area is 110 Å². The van der Waals surface area contributed by atoms with Crippen molar-refractivity contribution in [2.45, 2.75) is 38.9 Å². The molecule has 0 radical (unpaired) electrons. The summed E-state index contributed by atoms with van der Waals surface area (Å²) in [4.78, 5) is 0. The van der Waals surface area contributed by atoms with Crippen LogP contribution in [0, 0.1) is 0 Å². The number of benzene rings is 1. The molecule has 2 rings (SSSR count). The van der Waals surface area contributed by atoms with Gasteiger partial charge in [-0.15, -0.1) is 0 Å². The molecule has 1 aromatic heterocycles. The quantitative estimate of drug-likeness (QED) is 0.554. The SMILES string of the molecule is CC(C)(C)[Si](C)(C)Oc1ccc2ccccc2[o+]1. The maximum Gasteiger partial charge on any atom is 0.496 e. The van der Waals surface area contributed by atoms with E-state index >= 15 is 0 Å². The zero-order chi connectivity index (χ0) is 13.4. The van der Waals surface area contributed by atoms with Crippen LogP contribution in [0.15, 0.2) is 40.8 Å². The molecule has 18 heavy (non-hydrogen) atoms. The minimum absolute atomic E-state index is 0.175. The van der Waals surface area contributed by atoms with E-state index in [1.54, 1.807) is 0 Å².